The van der Waals surface area contributed by atoms with E-state index in [1.165, 1.54) is 51.4 Å². The fraction of sp³-hybridized carbons (Fsp3) is 0.850. The van der Waals surface area contributed by atoms with Crippen molar-refractivity contribution in [3.63, 3.8) is 0 Å². The molecule has 2 saturated carbocycles. The van der Waals surface area contributed by atoms with Gasteiger partial charge in [-0.15, -0.1) is 10.2 Å². The maximum absolute atomic E-state index is 6.20. The molecule has 2 heterocycles. The first-order valence-electron chi connectivity index (χ1n) is 10.7. The van der Waals surface area contributed by atoms with Gasteiger partial charge in [0.2, 0.25) is 0 Å². The van der Waals surface area contributed by atoms with E-state index in [-0.39, 0.29) is 5.60 Å². The van der Waals surface area contributed by atoms with Gasteiger partial charge in [-0.05, 0) is 45.4 Å². The summed E-state index contributed by atoms with van der Waals surface area (Å²) in [5.74, 6) is 2.76. The number of aliphatic imine (C=N–C) groups is 1. The summed E-state index contributed by atoms with van der Waals surface area (Å²) >= 11 is 0. The molecule has 2 aliphatic carbocycles. The summed E-state index contributed by atoms with van der Waals surface area (Å²) in [7, 11) is 2.00. The maximum Gasteiger partial charge on any atom is 0.192 e. The number of nitrogens with zero attached hydrogens (tertiary/aromatic N) is 4. The number of nitrogens with one attached hydrogen (secondary N) is 2. The molecule has 4 rings (SSSR count). The van der Waals surface area contributed by atoms with Crippen molar-refractivity contribution in [1.82, 2.24) is 25.4 Å². The number of hydrogen-bond donors (Lipinski definition) is 2. The Hall–Kier alpha value is -1.63. The van der Waals surface area contributed by atoms with Crippen molar-refractivity contribution < 1.29 is 4.74 Å². The number of ether oxygens (including phenoxy) is 1. The van der Waals surface area contributed by atoms with E-state index >= 15 is 0 Å². The van der Waals surface area contributed by atoms with Gasteiger partial charge < -0.3 is 19.9 Å². The molecular weight excluding hydrogens is 340 g/mol. The summed E-state index contributed by atoms with van der Waals surface area (Å²) in [5.41, 5.74) is 0.120. The number of rotatable bonds is 4. The molecule has 1 unspecified atom stereocenters. The molecule has 27 heavy (non-hydrogen) atoms. The molecule has 0 bridgehead atoms. The van der Waals surface area contributed by atoms with Crippen LogP contribution in [0.3, 0.4) is 0 Å². The average Bonchev–Trinajstić information content (AvgIpc) is 3.39. The van der Waals surface area contributed by atoms with Crippen LogP contribution in [0, 0.1) is 6.92 Å². The highest BCUT2D eigenvalue weighted by Crippen LogP contribution is 2.39. The molecule has 3 aliphatic rings. The summed E-state index contributed by atoms with van der Waals surface area (Å²) in [4.78, 5) is 4.87. The Morgan fingerprint density at radius 1 is 1.11 bits per heavy atom. The van der Waals surface area contributed by atoms with E-state index in [2.05, 4.69) is 20.8 Å². The van der Waals surface area contributed by atoms with Crippen LogP contribution in [0.5, 0.6) is 0 Å². The minimum Gasteiger partial charge on any atom is -0.375 e. The van der Waals surface area contributed by atoms with Crippen molar-refractivity contribution in [2.75, 3.05) is 6.61 Å². The highest BCUT2D eigenvalue weighted by Gasteiger charge is 2.40. The third-order valence-electron chi connectivity index (χ3n) is 6.61. The lowest BCUT2D eigenvalue weighted by Crippen LogP contribution is -2.52. The van der Waals surface area contributed by atoms with E-state index in [1.54, 1.807) is 0 Å². The second-order valence-electron chi connectivity index (χ2n) is 8.59. The van der Waals surface area contributed by atoms with Crippen LogP contribution in [-0.2, 0) is 18.3 Å². The lowest BCUT2D eigenvalue weighted by Gasteiger charge is -2.39. The highest BCUT2D eigenvalue weighted by atomic mass is 16.5. The average molecular weight is 375 g/mol. The standard InChI is InChI=1S/C20H34N6O/c1-15-24-25-18(26(15)2)14-21-19(22-16-7-3-4-8-16)23-17-9-12-27-20(13-17)10-5-6-11-20/h16-17H,3-14H2,1-2H3,(H2,21,22,23). The molecule has 150 valence electrons. The van der Waals surface area contributed by atoms with Crippen LogP contribution in [-0.4, -0.2) is 45.0 Å². The molecule has 1 saturated heterocycles. The molecule has 1 aromatic heterocycles. The molecule has 0 radical (unpaired) electrons. The van der Waals surface area contributed by atoms with Crippen LogP contribution in [0.25, 0.3) is 0 Å². The SMILES string of the molecule is Cc1nnc(CN=C(NC2CCCC2)NC2CCOC3(CCCC3)C2)n1C. The Labute approximate surface area is 162 Å². The molecule has 1 atom stereocenters. The van der Waals surface area contributed by atoms with Gasteiger partial charge in [-0.2, -0.15) is 0 Å². The van der Waals surface area contributed by atoms with Crippen molar-refractivity contribution in [1.29, 1.82) is 0 Å². The summed E-state index contributed by atoms with van der Waals surface area (Å²) in [6.45, 7) is 3.38. The first-order valence-corrected chi connectivity index (χ1v) is 10.7. The molecule has 7 heteroatoms. The second-order valence-corrected chi connectivity index (χ2v) is 8.59. The predicted octanol–water partition coefficient (Wildman–Crippen LogP) is 2.59. The van der Waals surface area contributed by atoms with E-state index in [0.29, 0.717) is 18.6 Å². The van der Waals surface area contributed by atoms with Gasteiger partial charge in [0.05, 0.1) is 5.60 Å². The zero-order valence-electron chi connectivity index (χ0n) is 16.8. The van der Waals surface area contributed by atoms with Crippen LogP contribution < -0.4 is 10.6 Å². The number of aromatic nitrogens is 3. The molecule has 1 spiro atoms. The van der Waals surface area contributed by atoms with Gasteiger partial charge in [0.1, 0.15) is 12.4 Å². The van der Waals surface area contributed by atoms with Gasteiger partial charge in [0.25, 0.3) is 0 Å². The van der Waals surface area contributed by atoms with Crippen molar-refractivity contribution in [2.45, 2.75) is 95.4 Å². The third kappa shape index (κ3) is 4.45. The molecule has 3 fully saturated rings. The van der Waals surface area contributed by atoms with Crippen molar-refractivity contribution >= 4 is 5.96 Å². The molecule has 1 aromatic rings. The van der Waals surface area contributed by atoms with Crippen LogP contribution in [0.1, 0.15) is 75.9 Å². The van der Waals surface area contributed by atoms with Crippen molar-refractivity contribution in [3.05, 3.63) is 11.6 Å². The Bertz CT molecular complexity index is 657. The quantitative estimate of drug-likeness (QED) is 0.626. The number of hydrogen-bond acceptors (Lipinski definition) is 4. The topological polar surface area (TPSA) is 76.4 Å². The Balaban J connectivity index is 1.43. The molecule has 2 N–H and O–H groups in total. The summed E-state index contributed by atoms with van der Waals surface area (Å²) in [6, 6.07) is 0.975. The monoisotopic (exact) mass is 374 g/mol. The van der Waals surface area contributed by atoms with Crippen LogP contribution in [0.15, 0.2) is 4.99 Å². The van der Waals surface area contributed by atoms with Gasteiger partial charge in [-0.25, -0.2) is 4.99 Å². The van der Waals surface area contributed by atoms with Crippen LogP contribution in [0.2, 0.25) is 0 Å². The second kappa shape index (κ2) is 8.17. The van der Waals surface area contributed by atoms with E-state index in [1.807, 2.05) is 18.5 Å². The van der Waals surface area contributed by atoms with E-state index in [4.69, 9.17) is 9.73 Å². The summed E-state index contributed by atoms with van der Waals surface area (Å²) in [6.07, 6.45) is 12.3. The first-order chi connectivity index (χ1) is 13.1. The fourth-order valence-electron chi connectivity index (χ4n) is 4.85. The smallest absolute Gasteiger partial charge is 0.192 e. The normalized spacial score (nSPS) is 26.0. The van der Waals surface area contributed by atoms with Crippen molar-refractivity contribution in [2.24, 2.45) is 12.0 Å². The zero-order valence-corrected chi connectivity index (χ0v) is 16.8. The minimum atomic E-state index is 0.120. The molecular formula is C20H34N6O. The lowest BCUT2D eigenvalue weighted by atomic mass is 9.89. The van der Waals surface area contributed by atoms with E-state index in [0.717, 1.165) is 37.1 Å². The Morgan fingerprint density at radius 2 is 1.85 bits per heavy atom. The molecule has 7 nitrogen and oxygen atoms in total. The maximum atomic E-state index is 6.20. The predicted molar refractivity (Wildman–Crippen MR) is 106 cm³/mol. The van der Waals surface area contributed by atoms with E-state index in [9.17, 15) is 0 Å². The summed E-state index contributed by atoms with van der Waals surface area (Å²) in [5, 5.41) is 15.8. The number of aryl methyl sites for hydroxylation is 1. The molecule has 0 amide bonds. The third-order valence-corrected chi connectivity index (χ3v) is 6.61. The molecule has 1 aliphatic heterocycles. The van der Waals surface area contributed by atoms with Crippen LogP contribution in [0.4, 0.5) is 0 Å². The van der Waals surface area contributed by atoms with Gasteiger partial charge in [0, 0.05) is 25.7 Å². The van der Waals surface area contributed by atoms with Gasteiger partial charge in [-0.1, -0.05) is 25.7 Å². The molecule has 0 aromatic carbocycles. The fourth-order valence-corrected chi connectivity index (χ4v) is 4.85. The first kappa shape index (κ1) is 18.7. The van der Waals surface area contributed by atoms with E-state index < -0.39 is 0 Å². The van der Waals surface area contributed by atoms with Gasteiger partial charge in [0.15, 0.2) is 11.8 Å². The van der Waals surface area contributed by atoms with Crippen LogP contribution >= 0.6 is 0 Å². The Morgan fingerprint density at radius 3 is 2.56 bits per heavy atom. The number of guanidine groups is 1. The lowest BCUT2D eigenvalue weighted by molar-refractivity contribution is -0.0815. The summed E-state index contributed by atoms with van der Waals surface area (Å²) < 4.78 is 8.21. The Kier molecular flexibility index (Phi) is 5.66. The highest BCUT2D eigenvalue weighted by molar-refractivity contribution is 5.80. The zero-order chi connectivity index (χ0) is 18.7. The minimum absolute atomic E-state index is 0.120. The van der Waals surface area contributed by atoms with Crippen molar-refractivity contribution in [3.8, 4) is 0 Å². The van der Waals surface area contributed by atoms with Gasteiger partial charge >= 0.3 is 0 Å². The van der Waals surface area contributed by atoms with Gasteiger partial charge in [-0.3, -0.25) is 0 Å². The largest absolute Gasteiger partial charge is 0.375 e.